The van der Waals surface area contributed by atoms with Gasteiger partial charge < -0.3 is 20.4 Å². The molecule has 1 aromatic carbocycles. The quantitative estimate of drug-likeness (QED) is 0.717. The van der Waals surface area contributed by atoms with Crippen LogP contribution in [0.3, 0.4) is 0 Å². The van der Waals surface area contributed by atoms with Crippen LogP contribution in [0.25, 0.3) is 0 Å². The van der Waals surface area contributed by atoms with Gasteiger partial charge in [-0.1, -0.05) is 0 Å². The van der Waals surface area contributed by atoms with Gasteiger partial charge in [-0.2, -0.15) is 5.26 Å². The lowest BCUT2D eigenvalue weighted by atomic mass is 10.1. The number of urea groups is 1. The highest BCUT2D eigenvalue weighted by molar-refractivity contribution is 6.00. The summed E-state index contributed by atoms with van der Waals surface area (Å²) in [6.07, 6.45) is 2.01. The number of nitrogens with one attached hydrogen (secondary N) is 1. The van der Waals surface area contributed by atoms with Crippen molar-refractivity contribution >= 4 is 17.7 Å². The fraction of sp³-hybridized carbons (Fsp3) is 0.357. The molecule has 2 rings (SSSR count). The van der Waals surface area contributed by atoms with Gasteiger partial charge in [0.1, 0.15) is 5.75 Å². The summed E-state index contributed by atoms with van der Waals surface area (Å²) in [7, 11) is 0. The molecule has 110 valence electrons. The molecular weight excluding hydrogens is 274 g/mol. The van der Waals surface area contributed by atoms with Gasteiger partial charge in [0, 0.05) is 12.6 Å². The minimum Gasteiger partial charge on any atom is -0.508 e. The maximum atomic E-state index is 12.2. The van der Waals surface area contributed by atoms with Crippen LogP contribution in [-0.4, -0.2) is 39.7 Å². The van der Waals surface area contributed by atoms with Crippen LogP contribution in [0.4, 0.5) is 10.5 Å². The lowest BCUT2D eigenvalue weighted by Crippen LogP contribution is -2.37. The van der Waals surface area contributed by atoms with Crippen molar-refractivity contribution in [2.75, 3.05) is 11.9 Å². The van der Waals surface area contributed by atoms with E-state index in [1.165, 1.54) is 12.1 Å². The summed E-state index contributed by atoms with van der Waals surface area (Å²) < 4.78 is 0. The van der Waals surface area contributed by atoms with E-state index in [9.17, 15) is 14.7 Å². The molecule has 0 spiro atoms. The zero-order valence-corrected chi connectivity index (χ0v) is 11.2. The Balaban J connectivity index is 2.14. The number of amides is 2. The Labute approximate surface area is 121 Å². The third-order valence-electron chi connectivity index (χ3n) is 3.19. The first-order chi connectivity index (χ1) is 10.0. The molecule has 3 N–H and O–H groups in total. The number of aromatic carboxylic acids is 1. The highest BCUT2D eigenvalue weighted by Gasteiger charge is 2.32. The van der Waals surface area contributed by atoms with Crippen molar-refractivity contribution in [3.63, 3.8) is 0 Å². The lowest BCUT2D eigenvalue weighted by Gasteiger charge is -2.22. The molecule has 7 nitrogen and oxygen atoms in total. The Morgan fingerprint density at radius 1 is 1.43 bits per heavy atom. The van der Waals surface area contributed by atoms with Gasteiger partial charge in [0.25, 0.3) is 0 Å². The number of phenols is 1. The number of phenolic OH excluding ortho intramolecular Hbond substituents is 1. The monoisotopic (exact) mass is 289 g/mol. The van der Waals surface area contributed by atoms with Gasteiger partial charge in [-0.05, 0) is 31.0 Å². The first kappa shape index (κ1) is 14.7. The molecule has 1 aliphatic rings. The molecule has 0 unspecified atom stereocenters. The van der Waals surface area contributed by atoms with E-state index in [0.717, 1.165) is 18.9 Å². The summed E-state index contributed by atoms with van der Waals surface area (Å²) in [4.78, 5) is 24.9. The summed E-state index contributed by atoms with van der Waals surface area (Å²) in [6.45, 7) is 0.313. The molecule has 0 aromatic heterocycles. The summed E-state index contributed by atoms with van der Waals surface area (Å²) in [6, 6.07) is 5.39. The molecule has 0 heterocycles. The second-order valence-corrected chi connectivity index (χ2v) is 4.80. The number of carbonyl (C=O) groups is 2. The van der Waals surface area contributed by atoms with Gasteiger partial charge in [0.2, 0.25) is 0 Å². The van der Waals surface area contributed by atoms with Crippen molar-refractivity contribution < 1.29 is 19.8 Å². The predicted octanol–water partition coefficient (Wildman–Crippen LogP) is 2.00. The average molecular weight is 289 g/mol. The maximum absolute atomic E-state index is 12.2. The van der Waals surface area contributed by atoms with Gasteiger partial charge in [-0.3, -0.25) is 0 Å². The van der Waals surface area contributed by atoms with Gasteiger partial charge in [0.05, 0.1) is 23.7 Å². The van der Waals surface area contributed by atoms with E-state index < -0.39 is 12.0 Å². The number of hydrogen-bond donors (Lipinski definition) is 3. The standard InChI is InChI=1S/C14H15N3O4/c15-6-1-7-17(9-2-3-9)14(21)16-12-5-4-10(18)8-11(12)13(19)20/h4-5,8-9,18H,1-3,7H2,(H,16,21)(H,19,20). The Morgan fingerprint density at radius 3 is 2.71 bits per heavy atom. The first-order valence-electron chi connectivity index (χ1n) is 6.54. The lowest BCUT2D eigenvalue weighted by molar-refractivity contribution is 0.0697. The normalized spacial score (nSPS) is 13.3. The number of hydrogen-bond acceptors (Lipinski definition) is 4. The van der Waals surface area contributed by atoms with E-state index in [1.54, 1.807) is 4.90 Å². The molecule has 7 heteroatoms. The van der Waals surface area contributed by atoms with Crippen molar-refractivity contribution in [3.8, 4) is 11.8 Å². The van der Waals surface area contributed by atoms with Crippen LogP contribution < -0.4 is 5.32 Å². The van der Waals surface area contributed by atoms with Crippen molar-refractivity contribution in [1.82, 2.24) is 4.90 Å². The van der Waals surface area contributed by atoms with E-state index >= 15 is 0 Å². The third-order valence-corrected chi connectivity index (χ3v) is 3.19. The van der Waals surface area contributed by atoms with E-state index in [1.807, 2.05) is 6.07 Å². The van der Waals surface area contributed by atoms with E-state index in [4.69, 9.17) is 10.4 Å². The van der Waals surface area contributed by atoms with Crippen LogP contribution in [0.15, 0.2) is 18.2 Å². The number of benzene rings is 1. The van der Waals surface area contributed by atoms with Crippen molar-refractivity contribution in [1.29, 1.82) is 5.26 Å². The minimum absolute atomic E-state index is 0.115. The Hall–Kier alpha value is -2.75. The Morgan fingerprint density at radius 2 is 2.14 bits per heavy atom. The zero-order valence-electron chi connectivity index (χ0n) is 11.2. The number of nitrogens with zero attached hydrogens (tertiary/aromatic N) is 2. The molecule has 0 bridgehead atoms. The molecule has 1 saturated carbocycles. The van der Waals surface area contributed by atoms with Gasteiger partial charge in [0.15, 0.2) is 0 Å². The molecule has 0 radical (unpaired) electrons. The van der Waals surface area contributed by atoms with Gasteiger partial charge in [-0.25, -0.2) is 9.59 Å². The fourth-order valence-corrected chi connectivity index (χ4v) is 2.01. The number of carboxylic acids is 1. The largest absolute Gasteiger partial charge is 0.508 e. The summed E-state index contributed by atoms with van der Waals surface area (Å²) in [5.41, 5.74) is -0.0627. The van der Waals surface area contributed by atoms with Crippen LogP contribution in [0.5, 0.6) is 5.75 Å². The molecular formula is C14H15N3O4. The van der Waals surface area contributed by atoms with E-state index in [2.05, 4.69) is 5.32 Å². The summed E-state index contributed by atoms with van der Waals surface area (Å²) in [5, 5.41) is 29.6. The number of carboxylic acid groups (broad SMARTS) is 1. The van der Waals surface area contributed by atoms with E-state index in [-0.39, 0.29) is 29.5 Å². The Bertz CT molecular complexity index is 605. The molecule has 21 heavy (non-hydrogen) atoms. The highest BCUT2D eigenvalue weighted by atomic mass is 16.4. The zero-order chi connectivity index (χ0) is 15.4. The third kappa shape index (κ3) is 3.63. The number of nitriles is 1. The molecule has 2 amide bonds. The smallest absolute Gasteiger partial charge is 0.337 e. The second kappa shape index (κ2) is 6.13. The van der Waals surface area contributed by atoms with Gasteiger partial charge >= 0.3 is 12.0 Å². The van der Waals surface area contributed by atoms with Crippen LogP contribution in [-0.2, 0) is 0 Å². The number of anilines is 1. The van der Waals surface area contributed by atoms with Crippen molar-refractivity contribution in [3.05, 3.63) is 23.8 Å². The van der Waals surface area contributed by atoms with Gasteiger partial charge in [-0.15, -0.1) is 0 Å². The number of carbonyl (C=O) groups excluding carboxylic acids is 1. The highest BCUT2D eigenvalue weighted by Crippen LogP contribution is 2.28. The average Bonchev–Trinajstić information content (AvgIpc) is 3.25. The SMILES string of the molecule is N#CCCN(C(=O)Nc1ccc(O)cc1C(=O)O)C1CC1. The molecule has 0 atom stereocenters. The first-order valence-corrected chi connectivity index (χ1v) is 6.54. The molecule has 1 aromatic rings. The van der Waals surface area contributed by atoms with Crippen LogP contribution in [0.1, 0.15) is 29.6 Å². The Kier molecular flexibility index (Phi) is 4.28. The van der Waals surface area contributed by atoms with Crippen LogP contribution in [0, 0.1) is 11.3 Å². The topological polar surface area (TPSA) is 114 Å². The molecule has 1 fully saturated rings. The van der Waals surface area contributed by atoms with Crippen molar-refractivity contribution in [2.45, 2.75) is 25.3 Å². The fourth-order valence-electron chi connectivity index (χ4n) is 2.01. The predicted molar refractivity (Wildman–Crippen MR) is 74.0 cm³/mol. The number of rotatable bonds is 5. The second-order valence-electron chi connectivity index (χ2n) is 4.80. The summed E-state index contributed by atoms with van der Waals surface area (Å²) >= 11 is 0. The molecule has 1 aliphatic carbocycles. The minimum atomic E-state index is -1.24. The van der Waals surface area contributed by atoms with Crippen molar-refractivity contribution in [2.24, 2.45) is 0 Å². The molecule has 0 aliphatic heterocycles. The van der Waals surface area contributed by atoms with Crippen LogP contribution >= 0.6 is 0 Å². The van der Waals surface area contributed by atoms with E-state index in [0.29, 0.717) is 6.54 Å². The van der Waals surface area contributed by atoms with Crippen LogP contribution in [0.2, 0.25) is 0 Å². The number of aromatic hydroxyl groups is 1. The summed E-state index contributed by atoms with van der Waals surface area (Å²) in [5.74, 6) is -1.43. The maximum Gasteiger partial charge on any atom is 0.337 e. The molecule has 0 saturated heterocycles.